The number of anilines is 1. The molecular weight excluding hydrogens is 258 g/mol. The molecule has 0 aliphatic rings. The second-order valence-corrected chi connectivity index (χ2v) is 3.70. The number of aromatic nitrogens is 3. The van der Waals surface area contributed by atoms with Crippen LogP contribution in [0.2, 0.25) is 0 Å². The van der Waals surface area contributed by atoms with Crippen molar-refractivity contribution >= 4 is 5.82 Å². The summed E-state index contributed by atoms with van der Waals surface area (Å²) >= 11 is 0. The maximum absolute atomic E-state index is 11.8. The highest BCUT2D eigenvalue weighted by atomic mass is 19.3. The number of nitrogens with two attached hydrogens (primary N) is 1. The lowest BCUT2D eigenvalue weighted by Gasteiger charge is -1.99. The van der Waals surface area contributed by atoms with Gasteiger partial charge in [-0.3, -0.25) is 0 Å². The third-order valence-electron chi connectivity index (χ3n) is 2.22. The first kappa shape index (κ1) is 13.3. The SMILES string of the molecule is Nc1ccc(-c2nc(CCOCC(F)F)no2)cn1. The van der Waals surface area contributed by atoms with Gasteiger partial charge in [-0.15, -0.1) is 0 Å². The highest BCUT2D eigenvalue weighted by Crippen LogP contribution is 2.16. The molecule has 0 spiro atoms. The fourth-order valence-corrected chi connectivity index (χ4v) is 1.34. The minimum atomic E-state index is -2.47. The summed E-state index contributed by atoms with van der Waals surface area (Å²) in [5, 5.41) is 3.72. The quantitative estimate of drug-likeness (QED) is 0.801. The Labute approximate surface area is 107 Å². The predicted octanol–water partition coefficient (Wildman–Crippen LogP) is 1.54. The van der Waals surface area contributed by atoms with Crippen LogP contribution in [0.25, 0.3) is 11.5 Å². The molecule has 0 aliphatic heterocycles. The number of pyridine rings is 1. The lowest BCUT2D eigenvalue weighted by atomic mass is 10.3. The van der Waals surface area contributed by atoms with E-state index < -0.39 is 13.0 Å². The smallest absolute Gasteiger partial charge is 0.261 e. The molecule has 0 bridgehead atoms. The molecule has 2 rings (SSSR count). The summed E-state index contributed by atoms with van der Waals surface area (Å²) in [5.74, 6) is 1.08. The summed E-state index contributed by atoms with van der Waals surface area (Å²) in [4.78, 5) is 8.00. The zero-order valence-electron chi connectivity index (χ0n) is 9.92. The fraction of sp³-hybridized carbons (Fsp3) is 0.364. The van der Waals surface area contributed by atoms with Crippen molar-refractivity contribution in [1.29, 1.82) is 0 Å². The number of ether oxygens (including phenoxy) is 1. The first-order valence-corrected chi connectivity index (χ1v) is 5.55. The van der Waals surface area contributed by atoms with E-state index in [0.717, 1.165) is 0 Å². The lowest BCUT2D eigenvalue weighted by Crippen LogP contribution is -2.07. The number of halogens is 2. The van der Waals surface area contributed by atoms with E-state index in [-0.39, 0.29) is 6.61 Å². The molecule has 0 saturated heterocycles. The van der Waals surface area contributed by atoms with Crippen LogP contribution in [0.1, 0.15) is 5.82 Å². The van der Waals surface area contributed by atoms with Gasteiger partial charge in [-0.05, 0) is 12.1 Å². The van der Waals surface area contributed by atoms with Crippen LogP contribution < -0.4 is 5.73 Å². The predicted molar refractivity (Wildman–Crippen MR) is 62.5 cm³/mol. The summed E-state index contributed by atoms with van der Waals surface area (Å²) in [6.07, 6.45) is -0.653. The standard InChI is InChI=1S/C11H12F2N4O2/c12-8(13)6-18-4-3-10-16-11(19-17-10)7-1-2-9(14)15-5-7/h1-2,5,8H,3-4,6H2,(H2,14,15). The summed E-state index contributed by atoms with van der Waals surface area (Å²) in [6, 6.07) is 3.32. The molecule has 6 nitrogen and oxygen atoms in total. The van der Waals surface area contributed by atoms with E-state index in [1.807, 2.05) is 0 Å². The molecule has 2 N–H and O–H groups in total. The number of nitrogens with zero attached hydrogens (tertiary/aromatic N) is 3. The lowest BCUT2D eigenvalue weighted by molar-refractivity contribution is 0.0182. The van der Waals surface area contributed by atoms with Crippen LogP contribution in [0.5, 0.6) is 0 Å². The van der Waals surface area contributed by atoms with Gasteiger partial charge >= 0.3 is 0 Å². The molecule has 0 radical (unpaired) electrons. The number of alkyl halides is 2. The van der Waals surface area contributed by atoms with Crippen molar-refractivity contribution in [1.82, 2.24) is 15.1 Å². The Kier molecular flexibility index (Phi) is 4.35. The van der Waals surface area contributed by atoms with Gasteiger partial charge in [-0.2, -0.15) is 4.98 Å². The molecule has 19 heavy (non-hydrogen) atoms. The van der Waals surface area contributed by atoms with E-state index in [4.69, 9.17) is 15.0 Å². The van der Waals surface area contributed by atoms with Gasteiger partial charge < -0.3 is 15.0 Å². The van der Waals surface area contributed by atoms with Gasteiger partial charge in [-0.1, -0.05) is 5.16 Å². The molecule has 8 heteroatoms. The van der Waals surface area contributed by atoms with E-state index in [2.05, 4.69) is 15.1 Å². The Hall–Kier alpha value is -2.09. The number of hydrogen-bond donors (Lipinski definition) is 1. The van der Waals surface area contributed by atoms with Crippen LogP contribution in [0.4, 0.5) is 14.6 Å². The zero-order valence-corrected chi connectivity index (χ0v) is 9.92. The molecular formula is C11H12F2N4O2. The van der Waals surface area contributed by atoms with E-state index in [1.54, 1.807) is 12.1 Å². The van der Waals surface area contributed by atoms with E-state index in [9.17, 15) is 8.78 Å². The molecule has 0 amide bonds. The van der Waals surface area contributed by atoms with Crippen molar-refractivity contribution in [3.63, 3.8) is 0 Å². The van der Waals surface area contributed by atoms with Crippen molar-refractivity contribution in [3.8, 4) is 11.5 Å². The monoisotopic (exact) mass is 270 g/mol. The van der Waals surface area contributed by atoms with Crippen LogP contribution in [0.15, 0.2) is 22.9 Å². The Balaban J connectivity index is 1.90. The molecule has 0 atom stereocenters. The summed E-state index contributed by atoms with van der Waals surface area (Å²) in [5.41, 5.74) is 6.10. The molecule has 102 valence electrons. The highest BCUT2D eigenvalue weighted by molar-refractivity contribution is 5.53. The maximum Gasteiger partial charge on any atom is 0.261 e. The first-order valence-electron chi connectivity index (χ1n) is 5.55. The first-order chi connectivity index (χ1) is 9.15. The summed E-state index contributed by atoms with van der Waals surface area (Å²) in [6.45, 7) is -0.476. The van der Waals surface area contributed by atoms with Crippen molar-refractivity contribution in [3.05, 3.63) is 24.2 Å². The van der Waals surface area contributed by atoms with Gasteiger partial charge in [0.05, 0.1) is 12.2 Å². The van der Waals surface area contributed by atoms with Gasteiger partial charge in [0.2, 0.25) is 0 Å². The van der Waals surface area contributed by atoms with Gasteiger partial charge in [0, 0.05) is 12.6 Å². The molecule has 0 unspecified atom stereocenters. The van der Waals surface area contributed by atoms with Gasteiger partial charge in [-0.25, -0.2) is 13.8 Å². The van der Waals surface area contributed by atoms with E-state index in [1.165, 1.54) is 6.20 Å². The van der Waals surface area contributed by atoms with E-state index >= 15 is 0 Å². The largest absolute Gasteiger partial charge is 0.384 e. The highest BCUT2D eigenvalue weighted by Gasteiger charge is 2.09. The summed E-state index contributed by atoms with van der Waals surface area (Å²) < 4.78 is 33.4. The van der Waals surface area contributed by atoms with Crippen molar-refractivity contribution in [2.24, 2.45) is 0 Å². The summed E-state index contributed by atoms with van der Waals surface area (Å²) in [7, 11) is 0. The number of hydrogen-bond acceptors (Lipinski definition) is 6. The Morgan fingerprint density at radius 1 is 1.37 bits per heavy atom. The van der Waals surface area contributed by atoms with Gasteiger partial charge in [0.25, 0.3) is 12.3 Å². The van der Waals surface area contributed by atoms with Gasteiger partial charge in [0.1, 0.15) is 12.4 Å². The third-order valence-corrected chi connectivity index (χ3v) is 2.22. The molecule has 2 aromatic heterocycles. The number of nitrogen functional groups attached to an aromatic ring is 1. The normalized spacial score (nSPS) is 11.1. The Morgan fingerprint density at radius 3 is 2.89 bits per heavy atom. The second-order valence-electron chi connectivity index (χ2n) is 3.70. The van der Waals surface area contributed by atoms with Gasteiger partial charge in [0.15, 0.2) is 5.82 Å². The van der Waals surface area contributed by atoms with Crippen molar-refractivity contribution < 1.29 is 18.0 Å². The molecule has 0 saturated carbocycles. The van der Waals surface area contributed by atoms with Crippen LogP contribution >= 0.6 is 0 Å². The van der Waals surface area contributed by atoms with Crippen LogP contribution in [-0.4, -0.2) is 34.8 Å². The third kappa shape index (κ3) is 3.95. The van der Waals surface area contributed by atoms with E-state index in [0.29, 0.717) is 29.5 Å². The Morgan fingerprint density at radius 2 is 2.21 bits per heavy atom. The average Bonchev–Trinajstić information content (AvgIpc) is 2.84. The molecule has 0 aliphatic carbocycles. The topological polar surface area (TPSA) is 87.1 Å². The maximum atomic E-state index is 11.8. The second kappa shape index (κ2) is 6.19. The Bertz CT molecular complexity index is 516. The van der Waals surface area contributed by atoms with Crippen LogP contribution in [0.3, 0.4) is 0 Å². The molecule has 2 heterocycles. The van der Waals surface area contributed by atoms with Crippen LogP contribution in [0, 0.1) is 0 Å². The fourth-order valence-electron chi connectivity index (χ4n) is 1.34. The average molecular weight is 270 g/mol. The van der Waals surface area contributed by atoms with Crippen molar-refractivity contribution in [2.75, 3.05) is 18.9 Å². The number of rotatable bonds is 6. The minimum absolute atomic E-state index is 0.114. The molecule has 0 aromatic carbocycles. The van der Waals surface area contributed by atoms with Crippen LogP contribution in [-0.2, 0) is 11.2 Å². The zero-order chi connectivity index (χ0) is 13.7. The van der Waals surface area contributed by atoms with Crippen molar-refractivity contribution in [2.45, 2.75) is 12.8 Å². The molecule has 0 fully saturated rings. The minimum Gasteiger partial charge on any atom is -0.384 e. The molecule has 2 aromatic rings.